The molecule has 0 bridgehead atoms. The maximum atomic E-state index is 13.1. The van der Waals surface area contributed by atoms with Gasteiger partial charge < -0.3 is 20.7 Å². The van der Waals surface area contributed by atoms with Crippen LogP contribution in [0.15, 0.2) is 72.8 Å². The van der Waals surface area contributed by atoms with Crippen molar-refractivity contribution in [3.05, 3.63) is 83.4 Å². The molecule has 3 aromatic rings. The van der Waals surface area contributed by atoms with Crippen molar-refractivity contribution in [2.45, 2.75) is 13.0 Å². The molecular weight excluding hydrogens is 402 g/mol. The van der Waals surface area contributed by atoms with Crippen molar-refractivity contribution < 1.29 is 14.3 Å². The zero-order valence-electron chi connectivity index (χ0n) is 16.6. The van der Waals surface area contributed by atoms with Crippen LogP contribution in [-0.4, -0.2) is 18.9 Å². The Hall–Kier alpha value is -3.51. The first kappa shape index (κ1) is 21.2. The van der Waals surface area contributed by atoms with Gasteiger partial charge in [-0.3, -0.25) is 9.59 Å². The van der Waals surface area contributed by atoms with Crippen molar-refractivity contribution in [3.8, 4) is 5.75 Å². The van der Waals surface area contributed by atoms with E-state index < -0.39 is 6.04 Å². The van der Waals surface area contributed by atoms with Gasteiger partial charge in [-0.2, -0.15) is 0 Å². The Kier molecular flexibility index (Phi) is 6.93. The van der Waals surface area contributed by atoms with Crippen molar-refractivity contribution in [1.82, 2.24) is 0 Å². The average molecular weight is 424 g/mol. The van der Waals surface area contributed by atoms with E-state index in [1.807, 2.05) is 36.4 Å². The standard InChI is InChI=1S/C23H22ClN3O3/c1-15(28)25-17-9-6-10-18(13-17)26-22(16-7-4-3-5-8-16)23(29)27-19-11-12-21(30-2)20(24)14-19/h3-14,22,26H,1-2H3,(H,25,28)(H,27,29). The van der Waals surface area contributed by atoms with Crippen LogP contribution in [0.4, 0.5) is 17.1 Å². The number of carbonyl (C=O) groups is 2. The lowest BCUT2D eigenvalue weighted by Crippen LogP contribution is -2.27. The molecule has 1 unspecified atom stereocenters. The van der Waals surface area contributed by atoms with Gasteiger partial charge >= 0.3 is 0 Å². The molecule has 1 atom stereocenters. The van der Waals surface area contributed by atoms with E-state index in [2.05, 4.69) is 16.0 Å². The number of methoxy groups -OCH3 is 1. The molecule has 0 saturated carbocycles. The maximum Gasteiger partial charge on any atom is 0.251 e. The van der Waals surface area contributed by atoms with E-state index in [1.54, 1.807) is 36.4 Å². The lowest BCUT2D eigenvalue weighted by atomic mass is 10.1. The summed E-state index contributed by atoms with van der Waals surface area (Å²) in [5, 5.41) is 9.28. The van der Waals surface area contributed by atoms with Crippen LogP contribution in [0.2, 0.25) is 5.02 Å². The number of halogens is 1. The van der Waals surface area contributed by atoms with Crippen molar-refractivity contribution >= 4 is 40.5 Å². The third-order valence-corrected chi connectivity index (χ3v) is 4.60. The third kappa shape index (κ3) is 5.52. The van der Waals surface area contributed by atoms with Crippen molar-refractivity contribution in [2.75, 3.05) is 23.1 Å². The zero-order chi connectivity index (χ0) is 21.5. The molecule has 0 fully saturated rings. The molecule has 0 saturated heterocycles. The number of amides is 2. The molecule has 0 heterocycles. The largest absolute Gasteiger partial charge is 0.495 e. The van der Waals surface area contributed by atoms with Crippen LogP contribution in [0, 0.1) is 0 Å². The van der Waals surface area contributed by atoms with Gasteiger partial charge in [0, 0.05) is 24.0 Å². The topological polar surface area (TPSA) is 79.5 Å². The summed E-state index contributed by atoms with van der Waals surface area (Å²) < 4.78 is 5.15. The van der Waals surface area contributed by atoms with Gasteiger partial charge in [0.15, 0.2) is 0 Å². The van der Waals surface area contributed by atoms with Gasteiger partial charge in [0.1, 0.15) is 11.8 Å². The van der Waals surface area contributed by atoms with Crippen LogP contribution in [-0.2, 0) is 9.59 Å². The summed E-state index contributed by atoms with van der Waals surface area (Å²) >= 11 is 6.17. The molecule has 3 N–H and O–H groups in total. The van der Waals surface area contributed by atoms with Crippen LogP contribution in [0.1, 0.15) is 18.5 Å². The smallest absolute Gasteiger partial charge is 0.251 e. The first-order valence-corrected chi connectivity index (χ1v) is 9.67. The summed E-state index contributed by atoms with van der Waals surface area (Å²) in [5.74, 6) is 0.107. The van der Waals surface area contributed by atoms with E-state index in [1.165, 1.54) is 14.0 Å². The molecule has 0 aromatic heterocycles. The number of anilines is 3. The summed E-state index contributed by atoms with van der Waals surface area (Å²) in [5.41, 5.74) is 2.68. The second kappa shape index (κ2) is 9.80. The molecule has 154 valence electrons. The quantitative estimate of drug-likeness (QED) is 0.494. The van der Waals surface area contributed by atoms with Crippen molar-refractivity contribution in [2.24, 2.45) is 0 Å². The SMILES string of the molecule is COc1ccc(NC(=O)C(Nc2cccc(NC(C)=O)c2)c2ccccc2)cc1Cl. The fourth-order valence-electron chi connectivity index (χ4n) is 2.96. The highest BCUT2D eigenvalue weighted by Gasteiger charge is 2.21. The molecule has 7 heteroatoms. The third-order valence-electron chi connectivity index (χ3n) is 4.31. The van der Waals surface area contributed by atoms with Gasteiger partial charge in [-0.1, -0.05) is 48.0 Å². The first-order valence-electron chi connectivity index (χ1n) is 9.30. The zero-order valence-corrected chi connectivity index (χ0v) is 17.4. The van der Waals surface area contributed by atoms with Gasteiger partial charge in [-0.25, -0.2) is 0 Å². The van der Waals surface area contributed by atoms with E-state index in [4.69, 9.17) is 16.3 Å². The number of rotatable bonds is 7. The van der Waals surface area contributed by atoms with Gasteiger partial charge in [0.2, 0.25) is 5.91 Å². The summed E-state index contributed by atoms with van der Waals surface area (Å²) in [6, 6.07) is 20.9. The van der Waals surface area contributed by atoms with Crippen molar-refractivity contribution in [3.63, 3.8) is 0 Å². The van der Waals surface area contributed by atoms with E-state index in [0.717, 1.165) is 5.56 Å². The van der Waals surface area contributed by atoms with Gasteiger partial charge in [0.25, 0.3) is 5.91 Å². The van der Waals surface area contributed by atoms with Gasteiger partial charge in [-0.15, -0.1) is 0 Å². The average Bonchev–Trinajstić information content (AvgIpc) is 2.72. The minimum atomic E-state index is -0.667. The number of hydrogen-bond donors (Lipinski definition) is 3. The summed E-state index contributed by atoms with van der Waals surface area (Å²) in [7, 11) is 1.53. The summed E-state index contributed by atoms with van der Waals surface area (Å²) in [6.07, 6.45) is 0. The van der Waals surface area contributed by atoms with E-state index in [-0.39, 0.29) is 11.8 Å². The minimum Gasteiger partial charge on any atom is -0.495 e. The number of nitrogens with one attached hydrogen (secondary N) is 3. The minimum absolute atomic E-state index is 0.166. The lowest BCUT2D eigenvalue weighted by molar-refractivity contribution is -0.117. The highest BCUT2D eigenvalue weighted by atomic mass is 35.5. The Balaban J connectivity index is 1.85. The number of hydrogen-bond acceptors (Lipinski definition) is 4. The predicted octanol–water partition coefficient (Wildman–Crippen LogP) is 5.10. The van der Waals surface area contributed by atoms with Gasteiger partial charge in [0.05, 0.1) is 12.1 Å². The Morgan fingerprint density at radius 2 is 1.57 bits per heavy atom. The summed E-state index contributed by atoms with van der Waals surface area (Å²) in [4.78, 5) is 24.5. The normalized spacial score (nSPS) is 11.3. The maximum absolute atomic E-state index is 13.1. The number of carbonyl (C=O) groups excluding carboxylic acids is 2. The highest BCUT2D eigenvalue weighted by molar-refractivity contribution is 6.32. The van der Waals surface area contributed by atoms with E-state index in [0.29, 0.717) is 27.8 Å². The monoisotopic (exact) mass is 423 g/mol. The Bertz CT molecular complexity index is 1040. The fourth-order valence-corrected chi connectivity index (χ4v) is 3.22. The second-order valence-corrected chi connectivity index (χ2v) is 7.00. The Morgan fingerprint density at radius 1 is 0.867 bits per heavy atom. The molecule has 0 aliphatic rings. The first-order chi connectivity index (χ1) is 14.5. The Morgan fingerprint density at radius 3 is 2.23 bits per heavy atom. The van der Waals surface area contributed by atoms with Crippen molar-refractivity contribution in [1.29, 1.82) is 0 Å². The van der Waals surface area contributed by atoms with Gasteiger partial charge in [-0.05, 0) is 42.0 Å². The molecule has 0 aliphatic carbocycles. The molecule has 30 heavy (non-hydrogen) atoms. The molecular formula is C23H22ClN3O3. The van der Waals surface area contributed by atoms with Crippen LogP contribution in [0.3, 0.4) is 0 Å². The van der Waals surface area contributed by atoms with E-state index >= 15 is 0 Å². The molecule has 0 spiro atoms. The van der Waals surface area contributed by atoms with Crippen LogP contribution in [0.5, 0.6) is 5.75 Å². The lowest BCUT2D eigenvalue weighted by Gasteiger charge is -2.21. The van der Waals surface area contributed by atoms with Crippen LogP contribution in [0.25, 0.3) is 0 Å². The molecule has 3 aromatic carbocycles. The molecule has 0 radical (unpaired) electrons. The Labute approximate surface area is 180 Å². The molecule has 0 aliphatic heterocycles. The molecule has 6 nitrogen and oxygen atoms in total. The number of benzene rings is 3. The predicted molar refractivity (Wildman–Crippen MR) is 120 cm³/mol. The summed E-state index contributed by atoms with van der Waals surface area (Å²) in [6.45, 7) is 1.44. The van der Waals surface area contributed by atoms with E-state index in [9.17, 15) is 9.59 Å². The second-order valence-electron chi connectivity index (χ2n) is 6.59. The molecule has 2 amide bonds. The van der Waals surface area contributed by atoms with Crippen LogP contribution >= 0.6 is 11.6 Å². The van der Waals surface area contributed by atoms with Crippen LogP contribution < -0.4 is 20.7 Å². The highest BCUT2D eigenvalue weighted by Crippen LogP contribution is 2.29. The molecule has 3 rings (SSSR count). The number of ether oxygens (including phenoxy) is 1. The fraction of sp³-hybridized carbons (Fsp3) is 0.130.